The SMILES string of the molecule is CCc1cc(O)c(C(=O)c2ccccc2)c(CC)c1F. The molecular formula is C17H17FO2. The Bertz CT molecular complexity index is 633. The Hall–Kier alpha value is -2.16. The molecule has 2 rings (SSSR count). The summed E-state index contributed by atoms with van der Waals surface area (Å²) >= 11 is 0. The highest BCUT2D eigenvalue weighted by atomic mass is 19.1. The summed E-state index contributed by atoms with van der Waals surface area (Å²) in [5.74, 6) is -0.873. The van der Waals surface area contributed by atoms with E-state index in [2.05, 4.69) is 0 Å². The van der Waals surface area contributed by atoms with Crippen LogP contribution < -0.4 is 0 Å². The van der Waals surface area contributed by atoms with Crippen molar-refractivity contribution in [1.29, 1.82) is 0 Å². The second kappa shape index (κ2) is 5.87. The second-order valence-electron chi connectivity index (χ2n) is 4.62. The Balaban J connectivity index is 2.62. The first-order valence-corrected chi connectivity index (χ1v) is 6.73. The number of phenolic OH excluding ortho intramolecular Hbond substituents is 1. The maximum atomic E-state index is 14.3. The van der Waals surface area contributed by atoms with Crippen molar-refractivity contribution in [2.75, 3.05) is 0 Å². The lowest BCUT2D eigenvalue weighted by Gasteiger charge is -2.13. The van der Waals surface area contributed by atoms with E-state index in [0.29, 0.717) is 24.0 Å². The maximum absolute atomic E-state index is 14.3. The van der Waals surface area contributed by atoms with Gasteiger partial charge in [0.05, 0.1) is 5.56 Å². The van der Waals surface area contributed by atoms with E-state index in [4.69, 9.17) is 0 Å². The van der Waals surface area contributed by atoms with Crippen LogP contribution in [0.2, 0.25) is 0 Å². The molecule has 0 saturated heterocycles. The van der Waals surface area contributed by atoms with Crippen molar-refractivity contribution in [1.82, 2.24) is 0 Å². The van der Waals surface area contributed by atoms with Gasteiger partial charge >= 0.3 is 0 Å². The van der Waals surface area contributed by atoms with E-state index in [1.807, 2.05) is 6.92 Å². The fourth-order valence-electron chi connectivity index (χ4n) is 2.34. The molecule has 0 amide bonds. The Labute approximate surface area is 117 Å². The van der Waals surface area contributed by atoms with E-state index >= 15 is 0 Å². The summed E-state index contributed by atoms with van der Waals surface area (Å²) < 4.78 is 14.3. The summed E-state index contributed by atoms with van der Waals surface area (Å²) in [6, 6.07) is 9.96. The molecule has 0 aliphatic heterocycles. The lowest BCUT2D eigenvalue weighted by Crippen LogP contribution is -2.09. The van der Waals surface area contributed by atoms with Crippen LogP contribution in [0.1, 0.15) is 40.9 Å². The molecule has 0 atom stereocenters. The first-order valence-electron chi connectivity index (χ1n) is 6.73. The molecular weight excluding hydrogens is 255 g/mol. The van der Waals surface area contributed by atoms with Gasteiger partial charge in [-0.05, 0) is 24.5 Å². The zero-order chi connectivity index (χ0) is 14.7. The van der Waals surface area contributed by atoms with E-state index in [9.17, 15) is 14.3 Å². The van der Waals surface area contributed by atoms with Crippen LogP contribution in [0, 0.1) is 5.82 Å². The fourth-order valence-corrected chi connectivity index (χ4v) is 2.34. The molecule has 3 heteroatoms. The average molecular weight is 272 g/mol. The van der Waals surface area contributed by atoms with Gasteiger partial charge in [-0.2, -0.15) is 0 Å². The number of hydrogen-bond acceptors (Lipinski definition) is 2. The Morgan fingerprint density at radius 2 is 1.80 bits per heavy atom. The molecule has 20 heavy (non-hydrogen) atoms. The number of hydrogen-bond donors (Lipinski definition) is 1. The van der Waals surface area contributed by atoms with Crippen LogP contribution in [-0.2, 0) is 12.8 Å². The zero-order valence-electron chi connectivity index (χ0n) is 11.6. The first-order chi connectivity index (χ1) is 9.60. The van der Waals surface area contributed by atoms with E-state index < -0.39 is 0 Å². The van der Waals surface area contributed by atoms with Crippen molar-refractivity contribution >= 4 is 5.78 Å². The molecule has 0 heterocycles. The van der Waals surface area contributed by atoms with Crippen molar-refractivity contribution in [3.63, 3.8) is 0 Å². The number of aromatic hydroxyl groups is 1. The van der Waals surface area contributed by atoms with Gasteiger partial charge in [-0.25, -0.2) is 4.39 Å². The van der Waals surface area contributed by atoms with E-state index in [0.717, 1.165) is 0 Å². The lowest BCUT2D eigenvalue weighted by atomic mass is 9.93. The van der Waals surface area contributed by atoms with Gasteiger partial charge in [0.25, 0.3) is 0 Å². The predicted molar refractivity (Wildman–Crippen MR) is 76.7 cm³/mol. The van der Waals surface area contributed by atoms with Crippen LogP contribution in [0.3, 0.4) is 0 Å². The van der Waals surface area contributed by atoms with Crippen molar-refractivity contribution in [3.05, 3.63) is 64.5 Å². The standard InChI is InChI=1S/C17H17FO2/c1-3-11-10-14(19)15(13(4-2)16(11)18)17(20)12-8-6-5-7-9-12/h5-10,19H,3-4H2,1-2H3. The van der Waals surface area contributed by atoms with E-state index in [-0.39, 0.29) is 28.5 Å². The number of halogens is 1. The van der Waals surface area contributed by atoms with Gasteiger partial charge in [-0.1, -0.05) is 44.2 Å². The summed E-state index contributed by atoms with van der Waals surface area (Å²) in [6.45, 7) is 3.59. The first kappa shape index (κ1) is 14.3. The number of rotatable bonds is 4. The van der Waals surface area contributed by atoms with Crippen molar-refractivity contribution < 1.29 is 14.3 Å². The van der Waals surface area contributed by atoms with Gasteiger partial charge in [0.1, 0.15) is 11.6 Å². The molecule has 0 bridgehead atoms. The quantitative estimate of drug-likeness (QED) is 0.857. The third-order valence-electron chi connectivity index (χ3n) is 3.41. The molecule has 2 nitrogen and oxygen atoms in total. The summed E-state index contributed by atoms with van der Waals surface area (Å²) in [7, 11) is 0. The van der Waals surface area contributed by atoms with Gasteiger partial charge in [-0.3, -0.25) is 4.79 Å². The number of ketones is 1. The van der Waals surface area contributed by atoms with Gasteiger partial charge in [-0.15, -0.1) is 0 Å². The Morgan fingerprint density at radius 1 is 1.15 bits per heavy atom. The van der Waals surface area contributed by atoms with Gasteiger partial charge < -0.3 is 5.11 Å². The third-order valence-corrected chi connectivity index (χ3v) is 3.41. The van der Waals surface area contributed by atoms with E-state index in [1.54, 1.807) is 37.3 Å². The van der Waals surface area contributed by atoms with Crippen molar-refractivity contribution in [2.45, 2.75) is 26.7 Å². The number of carbonyl (C=O) groups is 1. The molecule has 0 aliphatic carbocycles. The minimum absolute atomic E-state index is 0.0772. The molecule has 0 fully saturated rings. The number of benzene rings is 2. The number of aryl methyl sites for hydroxylation is 1. The third kappa shape index (κ3) is 2.44. The molecule has 0 spiro atoms. The predicted octanol–water partition coefficient (Wildman–Crippen LogP) is 3.89. The molecule has 0 radical (unpaired) electrons. The van der Waals surface area contributed by atoms with Gasteiger partial charge in [0.2, 0.25) is 0 Å². The Kier molecular flexibility index (Phi) is 4.18. The molecule has 2 aromatic carbocycles. The second-order valence-corrected chi connectivity index (χ2v) is 4.62. The smallest absolute Gasteiger partial charge is 0.197 e. The van der Waals surface area contributed by atoms with Gasteiger partial charge in [0.15, 0.2) is 5.78 Å². The van der Waals surface area contributed by atoms with Crippen molar-refractivity contribution in [2.24, 2.45) is 0 Å². The summed E-state index contributed by atoms with van der Waals surface area (Å²) in [4.78, 5) is 12.5. The topological polar surface area (TPSA) is 37.3 Å². The molecule has 0 aliphatic rings. The fraction of sp³-hybridized carbons (Fsp3) is 0.235. The normalized spacial score (nSPS) is 10.6. The van der Waals surface area contributed by atoms with Crippen LogP contribution in [0.4, 0.5) is 4.39 Å². The molecule has 104 valence electrons. The zero-order valence-corrected chi connectivity index (χ0v) is 11.6. The summed E-state index contributed by atoms with van der Waals surface area (Å²) in [5, 5.41) is 10.1. The lowest BCUT2D eigenvalue weighted by molar-refractivity contribution is 0.103. The highest BCUT2D eigenvalue weighted by Crippen LogP contribution is 2.30. The monoisotopic (exact) mass is 272 g/mol. The minimum atomic E-state index is -0.382. The Morgan fingerprint density at radius 3 is 2.35 bits per heavy atom. The van der Waals surface area contributed by atoms with Crippen LogP contribution in [0.15, 0.2) is 36.4 Å². The maximum Gasteiger partial charge on any atom is 0.197 e. The van der Waals surface area contributed by atoms with Crippen LogP contribution in [0.25, 0.3) is 0 Å². The average Bonchev–Trinajstić information content (AvgIpc) is 2.48. The van der Waals surface area contributed by atoms with Crippen molar-refractivity contribution in [3.8, 4) is 5.75 Å². The molecule has 0 aromatic heterocycles. The largest absolute Gasteiger partial charge is 0.507 e. The number of carbonyl (C=O) groups excluding carboxylic acids is 1. The van der Waals surface area contributed by atoms with Gasteiger partial charge in [0, 0.05) is 11.1 Å². The molecule has 1 N–H and O–H groups in total. The molecule has 2 aromatic rings. The van der Waals surface area contributed by atoms with Crippen LogP contribution >= 0.6 is 0 Å². The highest BCUT2D eigenvalue weighted by molar-refractivity contribution is 6.11. The minimum Gasteiger partial charge on any atom is -0.507 e. The number of phenols is 1. The van der Waals surface area contributed by atoms with Crippen LogP contribution in [-0.4, -0.2) is 10.9 Å². The summed E-state index contributed by atoms with van der Waals surface area (Å²) in [5.41, 5.74) is 1.24. The summed E-state index contributed by atoms with van der Waals surface area (Å²) in [6.07, 6.45) is 0.841. The molecule has 0 unspecified atom stereocenters. The van der Waals surface area contributed by atoms with Crippen LogP contribution in [0.5, 0.6) is 5.75 Å². The highest BCUT2D eigenvalue weighted by Gasteiger charge is 2.22. The van der Waals surface area contributed by atoms with E-state index in [1.165, 1.54) is 6.07 Å². The molecule has 0 saturated carbocycles.